The molecule has 0 aromatic heterocycles. The quantitative estimate of drug-likeness (QED) is 0.862. The Bertz CT molecular complexity index is 767. The van der Waals surface area contributed by atoms with Crippen LogP contribution in [0.4, 0.5) is 15.8 Å². The van der Waals surface area contributed by atoms with Crippen molar-refractivity contribution >= 4 is 23.2 Å². The molecule has 0 aliphatic carbocycles. The van der Waals surface area contributed by atoms with E-state index in [2.05, 4.69) is 17.1 Å². The molecule has 3 rings (SSSR count). The summed E-state index contributed by atoms with van der Waals surface area (Å²) in [6.45, 7) is 4.19. The molecule has 1 saturated heterocycles. The highest BCUT2D eigenvalue weighted by Gasteiger charge is 2.26. The standard InChI is InChI=1S/C20H22FN3O2/c1-2-15-3-7-17(8-4-15)22-19(25)20(26)24-13-11-23(12-14-24)18-9-5-16(21)6-10-18/h3-10H,2,11-14H2,1H3,(H,22,25). The second-order valence-electron chi connectivity index (χ2n) is 6.26. The van der Waals surface area contributed by atoms with Gasteiger partial charge in [0, 0.05) is 37.6 Å². The van der Waals surface area contributed by atoms with Crippen molar-refractivity contribution < 1.29 is 14.0 Å². The van der Waals surface area contributed by atoms with E-state index in [4.69, 9.17) is 0 Å². The van der Waals surface area contributed by atoms with Crippen LogP contribution in [0.2, 0.25) is 0 Å². The van der Waals surface area contributed by atoms with Crippen LogP contribution in [0.25, 0.3) is 0 Å². The predicted octanol–water partition coefficient (Wildman–Crippen LogP) is 2.68. The van der Waals surface area contributed by atoms with Crippen LogP contribution in [0.5, 0.6) is 0 Å². The molecule has 1 heterocycles. The van der Waals surface area contributed by atoms with Gasteiger partial charge in [0.1, 0.15) is 5.82 Å². The lowest BCUT2D eigenvalue weighted by molar-refractivity contribution is -0.143. The predicted molar refractivity (Wildman–Crippen MR) is 99.6 cm³/mol. The minimum atomic E-state index is -0.621. The Labute approximate surface area is 152 Å². The fourth-order valence-electron chi connectivity index (χ4n) is 2.97. The number of hydrogen-bond acceptors (Lipinski definition) is 3. The Balaban J connectivity index is 1.53. The molecule has 0 radical (unpaired) electrons. The third kappa shape index (κ3) is 4.20. The Morgan fingerprint density at radius 2 is 1.58 bits per heavy atom. The molecule has 0 saturated carbocycles. The van der Waals surface area contributed by atoms with E-state index < -0.39 is 11.8 Å². The molecule has 1 aliphatic rings. The van der Waals surface area contributed by atoms with Crippen molar-refractivity contribution in [1.29, 1.82) is 0 Å². The Kier molecular flexibility index (Phi) is 5.51. The summed E-state index contributed by atoms with van der Waals surface area (Å²) in [5, 5.41) is 2.65. The van der Waals surface area contributed by atoms with Crippen LogP contribution in [0, 0.1) is 5.82 Å². The summed E-state index contributed by atoms with van der Waals surface area (Å²) in [5.74, 6) is -1.42. The van der Waals surface area contributed by atoms with Gasteiger partial charge < -0.3 is 15.1 Å². The molecule has 1 aliphatic heterocycles. The number of carbonyl (C=O) groups excluding carboxylic acids is 2. The fraction of sp³-hybridized carbons (Fsp3) is 0.300. The minimum absolute atomic E-state index is 0.272. The van der Waals surface area contributed by atoms with Crippen molar-refractivity contribution in [3.05, 3.63) is 59.9 Å². The normalized spacial score (nSPS) is 14.2. The van der Waals surface area contributed by atoms with Crippen molar-refractivity contribution in [2.45, 2.75) is 13.3 Å². The van der Waals surface area contributed by atoms with Crippen molar-refractivity contribution in [3.8, 4) is 0 Å². The van der Waals surface area contributed by atoms with Gasteiger partial charge in [-0.05, 0) is 48.4 Å². The first-order valence-corrected chi connectivity index (χ1v) is 8.76. The first kappa shape index (κ1) is 17.9. The zero-order valence-corrected chi connectivity index (χ0v) is 14.7. The van der Waals surface area contributed by atoms with E-state index >= 15 is 0 Å². The summed E-state index contributed by atoms with van der Waals surface area (Å²) in [6, 6.07) is 13.8. The van der Waals surface area contributed by atoms with Crippen molar-refractivity contribution in [2.24, 2.45) is 0 Å². The molecule has 6 heteroatoms. The molecular weight excluding hydrogens is 333 g/mol. The van der Waals surface area contributed by atoms with Gasteiger partial charge in [0.05, 0.1) is 0 Å². The molecule has 1 N–H and O–H groups in total. The van der Waals surface area contributed by atoms with E-state index in [1.165, 1.54) is 17.7 Å². The number of aryl methyl sites for hydroxylation is 1. The SMILES string of the molecule is CCc1ccc(NC(=O)C(=O)N2CCN(c3ccc(F)cc3)CC2)cc1. The van der Waals surface area contributed by atoms with Crippen LogP contribution in [0.15, 0.2) is 48.5 Å². The lowest BCUT2D eigenvalue weighted by atomic mass is 10.1. The topological polar surface area (TPSA) is 52.7 Å². The third-order valence-electron chi connectivity index (χ3n) is 4.57. The van der Waals surface area contributed by atoms with Gasteiger partial charge >= 0.3 is 11.8 Å². The van der Waals surface area contributed by atoms with Gasteiger partial charge in [-0.2, -0.15) is 0 Å². The van der Waals surface area contributed by atoms with Gasteiger partial charge in [-0.3, -0.25) is 9.59 Å². The molecule has 136 valence electrons. The zero-order valence-electron chi connectivity index (χ0n) is 14.7. The molecule has 2 aromatic rings. The average molecular weight is 355 g/mol. The van der Waals surface area contributed by atoms with E-state index in [-0.39, 0.29) is 5.82 Å². The first-order chi connectivity index (χ1) is 12.6. The molecule has 5 nitrogen and oxygen atoms in total. The monoisotopic (exact) mass is 355 g/mol. The highest BCUT2D eigenvalue weighted by atomic mass is 19.1. The molecule has 2 aromatic carbocycles. The summed E-state index contributed by atoms with van der Waals surface area (Å²) >= 11 is 0. The molecule has 2 amide bonds. The number of hydrogen-bond donors (Lipinski definition) is 1. The third-order valence-corrected chi connectivity index (χ3v) is 4.57. The summed E-state index contributed by atoms with van der Waals surface area (Å²) < 4.78 is 13.0. The maximum absolute atomic E-state index is 13.0. The smallest absolute Gasteiger partial charge is 0.313 e. The highest BCUT2D eigenvalue weighted by molar-refractivity contribution is 6.39. The van der Waals surface area contributed by atoms with Crippen molar-refractivity contribution in [1.82, 2.24) is 4.90 Å². The number of benzene rings is 2. The second kappa shape index (κ2) is 7.99. The number of piperazine rings is 1. The number of nitrogens with zero attached hydrogens (tertiary/aromatic N) is 2. The van der Waals surface area contributed by atoms with E-state index in [1.807, 2.05) is 12.1 Å². The molecule has 26 heavy (non-hydrogen) atoms. The van der Waals surface area contributed by atoms with Gasteiger partial charge in [-0.15, -0.1) is 0 Å². The van der Waals surface area contributed by atoms with Gasteiger partial charge in [-0.1, -0.05) is 19.1 Å². The maximum Gasteiger partial charge on any atom is 0.313 e. The van der Waals surface area contributed by atoms with Crippen LogP contribution in [0.1, 0.15) is 12.5 Å². The average Bonchev–Trinajstić information content (AvgIpc) is 2.69. The number of nitrogens with one attached hydrogen (secondary N) is 1. The highest BCUT2D eigenvalue weighted by Crippen LogP contribution is 2.17. The summed E-state index contributed by atoms with van der Waals surface area (Å²) in [4.78, 5) is 28.2. The summed E-state index contributed by atoms with van der Waals surface area (Å²) in [6.07, 6.45) is 0.922. The maximum atomic E-state index is 13.0. The Morgan fingerprint density at radius 1 is 0.962 bits per heavy atom. The number of rotatable bonds is 3. The lowest BCUT2D eigenvalue weighted by Crippen LogP contribution is -2.51. The minimum Gasteiger partial charge on any atom is -0.368 e. The van der Waals surface area contributed by atoms with Crippen LogP contribution in [-0.4, -0.2) is 42.9 Å². The number of anilines is 2. The van der Waals surface area contributed by atoms with Crippen LogP contribution >= 0.6 is 0 Å². The summed E-state index contributed by atoms with van der Waals surface area (Å²) in [7, 11) is 0. The second-order valence-corrected chi connectivity index (χ2v) is 6.26. The van der Waals surface area contributed by atoms with Crippen molar-refractivity contribution in [3.63, 3.8) is 0 Å². The number of amides is 2. The van der Waals surface area contributed by atoms with E-state index in [0.717, 1.165) is 12.1 Å². The zero-order chi connectivity index (χ0) is 18.5. The van der Waals surface area contributed by atoms with Crippen LogP contribution in [0.3, 0.4) is 0 Å². The van der Waals surface area contributed by atoms with E-state index in [1.54, 1.807) is 29.2 Å². The van der Waals surface area contributed by atoms with Gasteiger partial charge in [0.25, 0.3) is 0 Å². The van der Waals surface area contributed by atoms with Crippen molar-refractivity contribution in [2.75, 3.05) is 36.4 Å². The largest absolute Gasteiger partial charge is 0.368 e. The Morgan fingerprint density at radius 3 is 2.15 bits per heavy atom. The fourth-order valence-corrected chi connectivity index (χ4v) is 2.97. The molecule has 0 unspecified atom stereocenters. The van der Waals surface area contributed by atoms with Crippen LogP contribution in [-0.2, 0) is 16.0 Å². The molecule has 0 atom stereocenters. The Hall–Kier alpha value is -2.89. The molecule has 1 fully saturated rings. The van der Waals surface area contributed by atoms with E-state index in [9.17, 15) is 14.0 Å². The van der Waals surface area contributed by atoms with Crippen LogP contribution < -0.4 is 10.2 Å². The van der Waals surface area contributed by atoms with Gasteiger partial charge in [0.15, 0.2) is 0 Å². The molecular formula is C20H22FN3O2. The number of carbonyl (C=O) groups is 2. The molecule has 0 spiro atoms. The summed E-state index contributed by atoms with van der Waals surface area (Å²) in [5.41, 5.74) is 2.70. The lowest BCUT2D eigenvalue weighted by Gasteiger charge is -2.35. The first-order valence-electron chi connectivity index (χ1n) is 8.76. The molecule has 0 bridgehead atoms. The van der Waals surface area contributed by atoms with Gasteiger partial charge in [0.2, 0.25) is 0 Å². The van der Waals surface area contributed by atoms with Gasteiger partial charge in [-0.25, -0.2) is 4.39 Å². The van der Waals surface area contributed by atoms with E-state index in [0.29, 0.717) is 31.9 Å². The number of halogens is 1.